The monoisotopic (exact) mass is 172 g/mol. The predicted molar refractivity (Wildman–Crippen MR) is 42.0 cm³/mol. The van der Waals surface area contributed by atoms with Gasteiger partial charge in [0.2, 0.25) is 0 Å². The molecule has 1 aromatic rings. The molecule has 0 aliphatic carbocycles. The van der Waals surface area contributed by atoms with E-state index in [1.807, 2.05) is 13.8 Å². The minimum absolute atomic E-state index is 0.140. The van der Waals surface area contributed by atoms with Crippen LogP contribution in [0, 0.1) is 0 Å². The van der Waals surface area contributed by atoms with Gasteiger partial charge in [-0.2, -0.15) is 0 Å². The lowest BCUT2D eigenvalue weighted by Crippen LogP contribution is -1.92. The van der Waals surface area contributed by atoms with Crippen LogP contribution in [-0.4, -0.2) is 7.11 Å². The molecule has 0 unspecified atom stereocenters. The highest BCUT2D eigenvalue weighted by atomic mass is 16.6. The topological polar surface area (TPSA) is 52.6 Å². The van der Waals surface area contributed by atoms with Crippen LogP contribution in [0.4, 0.5) is 0 Å². The third-order valence-corrected chi connectivity index (χ3v) is 1.47. The molecule has 0 amide bonds. The van der Waals surface area contributed by atoms with Crippen molar-refractivity contribution in [2.75, 3.05) is 7.11 Å². The summed E-state index contributed by atoms with van der Waals surface area (Å²) in [4.78, 5) is 10.7. The van der Waals surface area contributed by atoms with E-state index >= 15 is 0 Å². The number of rotatable bonds is 3. The minimum atomic E-state index is -0.661. The molecule has 0 spiro atoms. The molecule has 0 aromatic carbocycles. The van der Waals surface area contributed by atoms with Crippen LogP contribution >= 0.6 is 0 Å². The Morgan fingerprint density at radius 2 is 2.08 bits per heavy atom. The van der Waals surface area contributed by atoms with Gasteiger partial charge in [0.25, 0.3) is 0 Å². The first kappa shape index (κ1) is 9.06. The smallest absolute Gasteiger partial charge is 0.395 e. The molecule has 0 aliphatic heterocycles. The van der Waals surface area contributed by atoms with Gasteiger partial charge >= 0.3 is 5.82 Å². The highest BCUT2D eigenvalue weighted by Gasteiger charge is 2.15. The fourth-order valence-electron chi connectivity index (χ4n) is 0.990. The molecule has 4 heteroatoms. The molecule has 0 bridgehead atoms. The lowest BCUT2D eigenvalue weighted by atomic mass is 10.1. The van der Waals surface area contributed by atoms with Gasteiger partial charge in [0.15, 0.2) is 11.5 Å². The number of hydrogen-bond acceptors (Lipinski definition) is 4. The Kier molecular flexibility index (Phi) is 2.70. The molecule has 0 atom stereocenters. The van der Waals surface area contributed by atoms with E-state index in [0.29, 0.717) is 11.5 Å². The zero-order valence-corrected chi connectivity index (χ0v) is 7.42. The third-order valence-electron chi connectivity index (χ3n) is 1.47. The van der Waals surface area contributed by atoms with Gasteiger partial charge in [-0.25, -0.2) is 4.79 Å². The van der Waals surface area contributed by atoms with Gasteiger partial charge in [0, 0.05) is 13.0 Å². The largest absolute Gasteiger partial charge is 0.519 e. The Morgan fingerprint density at radius 3 is 2.58 bits per heavy atom. The summed E-state index contributed by atoms with van der Waals surface area (Å²) < 4.78 is 14.4. The van der Waals surface area contributed by atoms with Crippen LogP contribution < -0.4 is 5.82 Å². The highest BCUT2D eigenvalue weighted by Crippen LogP contribution is 2.18. The first-order chi connectivity index (χ1) is 5.65. The third kappa shape index (κ3) is 1.76. The van der Waals surface area contributed by atoms with E-state index < -0.39 is 5.82 Å². The van der Waals surface area contributed by atoms with Crippen LogP contribution in [0.5, 0.6) is 0 Å². The summed E-state index contributed by atoms with van der Waals surface area (Å²) >= 11 is 0. The van der Waals surface area contributed by atoms with Crippen LogP contribution in [0.15, 0.2) is 13.6 Å². The molecule has 1 heterocycles. The second-order valence-electron chi connectivity index (χ2n) is 2.83. The van der Waals surface area contributed by atoms with Crippen molar-refractivity contribution in [3.05, 3.63) is 22.1 Å². The lowest BCUT2D eigenvalue weighted by Gasteiger charge is -2.00. The van der Waals surface area contributed by atoms with Gasteiger partial charge in [-0.3, -0.25) is 0 Å². The van der Waals surface area contributed by atoms with Crippen molar-refractivity contribution >= 4 is 0 Å². The fourth-order valence-corrected chi connectivity index (χ4v) is 0.990. The maximum Gasteiger partial charge on any atom is 0.519 e. The normalized spacial score (nSPS) is 11.0. The predicted octanol–water partition coefficient (Wildman–Crippen LogP) is 1.50. The maximum atomic E-state index is 10.7. The number of methoxy groups -OCH3 is 1. The zero-order valence-electron chi connectivity index (χ0n) is 7.42. The van der Waals surface area contributed by atoms with Crippen molar-refractivity contribution in [2.45, 2.75) is 26.4 Å². The fraction of sp³-hybridized carbons (Fsp3) is 0.625. The molecular weight excluding hydrogens is 160 g/mol. The van der Waals surface area contributed by atoms with E-state index in [1.165, 1.54) is 7.11 Å². The summed E-state index contributed by atoms with van der Waals surface area (Å²) in [5, 5.41) is 0. The molecule has 0 saturated carbocycles. The molecule has 12 heavy (non-hydrogen) atoms. The van der Waals surface area contributed by atoms with Crippen molar-refractivity contribution in [3.8, 4) is 0 Å². The summed E-state index contributed by atoms with van der Waals surface area (Å²) in [5.41, 5.74) is 0. The molecule has 68 valence electrons. The molecule has 0 radical (unpaired) electrons. The second kappa shape index (κ2) is 3.58. The van der Waals surface area contributed by atoms with Crippen molar-refractivity contribution < 1.29 is 13.6 Å². The summed E-state index contributed by atoms with van der Waals surface area (Å²) in [6.07, 6.45) is 0. The molecule has 0 saturated heterocycles. The van der Waals surface area contributed by atoms with Crippen molar-refractivity contribution in [1.82, 2.24) is 0 Å². The molecule has 1 rings (SSSR count). The highest BCUT2D eigenvalue weighted by molar-refractivity contribution is 5.06. The second-order valence-corrected chi connectivity index (χ2v) is 2.83. The first-order valence-electron chi connectivity index (χ1n) is 3.76. The van der Waals surface area contributed by atoms with Gasteiger partial charge in [-0.05, 0) is 0 Å². The van der Waals surface area contributed by atoms with Crippen LogP contribution in [0.1, 0.15) is 31.3 Å². The Labute approximate surface area is 70.1 Å². The van der Waals surface area contributed by atoms with Crippen molar-refractivity contribution in [1.29, 1.82) is 0 Å². The summed E-state index contributed by atoms with van der Waals surface area (Å²) in [6, 6.07) is 0. The molecule has 4 nitrogen and oxygen atoms in total. The van der Waals surface area contributed by atoms with E-state index in [9.17, 15) is 4.79 Å². The van der Waals surface area contributed by atoms with Crippen molar-refractivity contribution in [3.63, 3.8) is 0 Å². The summed E-state index contributed by atoms with van der Waals surface area (Å²) in [5.74, 6) is 0.534. The standard InChI is InChI=1S/C8H12O4/c1-5(2)7-6(4-10-3)11-8(9)12-7/h5H,4H2,1-3H3. The first-order valence-corrected chi connectivity index (χ1v) is 3.76. The Morgan fingerprint density at radius 1 is 1.42 bits per heavy atom. The average Bonchev–Trinajstić information content (AvgIpc) is 2.32. The van der Waals surface area contributed by atoms with E-state index in [1.54, 1.807) is 0 Å². The van der Waals surface area contributed by atoms with Gasteiger partial charge < -0.3 is 13.6 Å². The van der Waals surface area contributed by atoms with Crippen LogP contribution in [0.2, 0.25) is 0 Å². The molecule has 0 aliphatic rings. The Hall–Kier alpha value is -1.03. The van der Waals surface area contributed by atoms with E-state index in [0.717, 1.165) is 0 Å². The molecular formula is C8H12O4. The van der Waals surface area contributed by atoms with Gasteiger partial charge in [-0.15, -0.1) is 0 Å². The molecule has 1 aromatic heterocycles. The lowest BCUT2D eigenvalue weighted by molar-refractivity contribution is 0.161. The summed E-state index contributed by atoms with van der Waals surface area (Å²) in [7, 11) is 1.54. The Bertz CT molecular complexity index is 294. The minimum Gasteiger partial charge on any atom is -0.395 e. The van der Waals surface area contributed by atoms with E-state index in [4.69, 9.17) is 13.6 Å². The van der Waals surface area contributed by atoms with Gasteiger partial charge in [0.1, 0.15) is 6.61 Å². The van der Waals surface area contributed by atoms with Crippen molar-refractivity contribution in [2.24, 2.45) is 0 Å². The number of hydrogen-bond donors (Lipinski definition) is 0. The quantitative estimate of drug-likeness (QED) is 0.693. The van der Waals surface area contributed by atoms with Crippen LogP contribution in [0.25, 0.3) is 0 Å². The van der Waals surface area contributed by atoms with E-state index in [-0.39, 0.29) is 12.5 Å². The summed E-state index contributed by atoms with van der Waals surface area (Å²) in [6.45, 7) is 4.12. The number of ether oxygens (including phenoxy) is 1. The molecule has 0 fully saturated rings. The van der Waals surface area contributed by atoms with Gasteiger partial charge in [-0.1, -0.05) is 13.8 Å². The van der Waals surface area contributed by atoms with Crippen LogP contribution in [0.3, 0.4) is 0 Å². The Balaban J connectivity index is 3.00. The van der Waals surface area contributed by atoms with Crippen LogP contribution in [-0.2, 0) is 11.3 Å². The molecule has 0 N–H and O–H groups in total. The van der Waals surface area contributed by atoms with E-state index in [2.05, 4.69) is 0 Å². The SMILES string of the molecule is COCc1oc(=O)oc1C(C)C. The average molecular weight is 172 g/mol. The maximum absolute atomic E-state index is 10.7. The zero-order chi connectivity index (χ0) is 9.14. The van der Waals surface area contributed by atoms with Gasteiger partial charge in [0.05, 0.1) is 0 Å².